The zero-order valence-electron chi connectivity index (χ0n) is 16.8. The topological polar surface area (TPSA) is 91.8 Å². The number of rotatable bonds is 9. The molecule has 0 atom stereocenters. The molecule has 0 saturated heterocycles. The molecule has 2 aromatic rings. The van der Waals surface area contributed by atoms with Crippen LogP contribution < -0.4 is 10.1 Å². The molecule has 1 aliphatic rings. The van der Waals surface area contributed by atoms with Gasteiger partial charge in [-0.15, -0.1) is 0 Å². The molecule has 1 amide bonds. The van der Waals surface area contributed by atoms with Crippen LogP contribution in [0.1, 0.15) is 41.4 Å². The first-order valence-corrected chi connectivity index (χ1v) is 9.85. The Balaban J connectivity index is 1.49. The third-order valence-corrected chi connectivity index (χ3v) is 5.19. The minimum absolute atomic E-state index is 0.0420. The summed E-state index contributed by atoms with van der Waals surface area (Å²) in [5.41, 5.74) is 2.43. The number of amides is 1. The molecule has 2 N–H and O–H groups in total. The standard InChI is InChI=1S/C22H27N3O4/c1-3-25(13-21(26)27)19-10-18(11-19)24-22(28)17-6-4-5-16(9-17)14-29-20-8-7-15(2)23-12-20/h4-9,12,18-19H,3,10-11,13-14H2,1-2H3,(H,24,28)(H,26,27). The maximum absolute atomic E-state index is 12.6. The second-order valence-corrected chi connectivity index (χ2v) is 7.38. The van der Waals surface area contributed by atoms with Gasteiger partial charge < -0.3 is 15.2 Å². The quantitative estimate of drug-likeness (QED) is 0.676. The summed E-state index contributed by atoms with van der Waals surface area (Å²) in [7, 11) is 0. The van der Waals surface area contributed by atoms with Crippen LogP contribution in [-0.4, -0.2) is 52.0 Å². The molecule has 154 valence electrons. The number of nitrogens with one attached hydrogen (secondary N) is 1. The minimum Gasteiger partial charge on any atom is -0.487 e. The van der Waals surface area contributed by atoms with Crippen molar-refractivity contribution in [3.05, 3.63) is 59.4 Å². The molecule has 0 bridgehead atoms. The van der Waals surface area contributed by atoms with Crippen molar-refractivity contribution >= 4 is 11.9 Å². The van der Waals surface area contributed by atoms with Crippen LogP contribution in [0.5, 0.6) is 5.75 Å². The molecule has 1 aromatic heterocycles. The molecule has 1 saturated carbocycles. The molecule has 0 spiro atoms. The number of carbonyl (C=O) groups excluding carboxylic acids is 1. The number of hydrogen-bond acceptors (Lipinski definition) is 5. The molecule has 0 aliphatic heterocycles. The van der Waals surface area contributed by atoms with Crippen molar-refractivity contribution in [2.45, 2.75) is 45.4 Å². The summed E-state index contributed by atoms with van der Waals surface area (Å²) in [6.45, 7) is 4.96. The number of aromatic nitrogens is 1. The molecular formula is C22H27N3O4. The molecule has 1 heterocycles. The second kappa shape index (κ2) is 9.52. The Morgan fingerprint density at radius 1 is 1.28 bits per heavy atom. The van der Waals surface area contributed by atoms with Crippen LogP contribution >= 0.6 is 0 Å². The van der Waals surface area contributed by atoms with Crippen molar-refractivity contribution < 1.29 is 19.4 Å². The fourth-order valence-corrected chi connectivity index (χ4v) is 3.45. The number of aryl methyl sites for hydroxylation is 1. The Kier molecular flexibility index (Phi) is 6.82. The number of carboxylic acid groups (broad SMARTS) is 1. The summed E-state index contributed by atoms with van der Waals surface area (Å²) in [5.74, 6) is -0.249. The van der Waals surface area contributed by atoms with Gasteiger partial charge in [0.1, 0.15) is 12.4 Å². The number of ether oxygens (including phenoxy) is 1. The monoisotopic (exact) mass is 397 g/mol. The lowest BCUT2D eigenvalue weighted by Crippen LogP contribution is -2.54. The summed E-state index contributed by atoms with van der Waals surface area (Å²) in [5, 5.41) is 12.0. The summed E-state index contributed by atoms with van der Waals surface area (Å²) in [4.78, 5) is 29.6. The normalized spacial score (nSPS) is 18.2. The summed E-state index contributed by atoms with van der Waals surface area (Å²) >= 11 is 0. The van der Waals surface area contributed by atoms with Gasteiger partial charge in [0.05, 0.1) is 12.7 Å². The predicted molar refractivity (Wildman–Crippen MR) is 109 cm³/mol. The van der Waals surface area contributed by atoms with Gasteiger partial charge in [0.15, 0.2) is 0 Å². The molecular weight excluding hydrogens is 370 g/mol. The van der Waals surface area contributed by atoms with Crippen molar-refractivity contribution in [1.82, 2.24) is 15.2 Å². The van der Waals surface area contributed by atoms with Crippen molar-refractivity contribution in [2.75, 3.05) is 13.1 Å². The minimum atomic E-state index is -0.820. The fraction of sp³-hybridized carbons (Fsp3) is 0.409. The van der Waals surface area contributed by atoms with Crippen LogP contribution in [-0.2, 0) is 11.4 Å². The Morgan fingerprint density at radius 3 is 2.72 bits per heavy atom. The number of benzene rings is 1. The van der Waals surface area contributed by atoms with Gasteiger partial charge in [-0.3, -0.25) is 19.5 Å². The van der Waals surface area contributed by atoms with E-state index in [-0.39, 0.29) is 24.5 Å². The molecule has 3 rings (SSSR count). The lowest BCUT2D eigenvalue weighted by Gasteiger charge is -2.42. The van der Waals surface area contributed by atoms with Crippen molar-refractivity contribution in [3.8, 4) is 5.75 Å². The third-order valence-electron chi connectivity index (χ3n) is 5.19. The van der Waals surface area contributed by atoms with E-state index in [1.54, 1.807) is 12.3 Å². The lowest BCUT2D eigenvalue weighted by atomic mass is 9.85. The average molecular weight is 397 g/mol. The predicted octanol–water partition coefficient (Wildman–Crippen LogP) is 2.64. The number of pyridine rings is 1. The Morgan fingerprint density at radius 2 is 2.07 bits per heavy atom. The van der Waals surface area contributed by atoms with Gasteiger partial charge in [-0.1, -0.05) is 19.1 Å². The van der Waals surface area contributed by atoms with Crippen LogP contribution in [0.4, 0.5) is 0 Å². The van der Waals surface area contributed by atoms with E-state index < -0.39 is 5.97 Å². The largest absolute Gasteiger partial charge is 0.487 e. The van der Waals surface area contributed by atoms with Gasteiger partial charge in [-0.05, 0) is 56.1 Å². The number of likely N-dealkylation sites (N-methyl/N-ethyl adjacent to an activating group) is 1. The highest BCUT2D eigenvalue weighted by Gasteiger charge is 2.34. The molecule has 0 radical (unpaired) electrons. The molecule has 1 aliphatic carbocycles. The van der Waals surface area contributed by atoms with Crippen molar-refractivity contribution in [3.63, 3.8) is 0 Å². The zero-order valence-corrected chi connectivity index (χ0v) is 16.8. The summed E-state index contributed by atoms with van der Waals surface area (Å²) in [6, 6.07) is 11.4. The van der Waals surface area contributed by atoms with E-state index in [0.29, 0.717) is 24.5 Å². The first kappa shape index (κ1) is 20.8. The smallest absolute Gasteiger partial charge is 0.317 e. The Bertz CT molecular complexity index is 847. The SMILES string of the molecule is CCN(CC(=O)O)C1CC(NC(=O)c2cccc(COc3ccc(C)nc3)c2)C1. The first-order chi connectivity index (χ1) is 13.9. The Hall–Kier alpha value is -2.93. The van der Waals surface area contributed by atoms with E-state index in [1.807, 2.05) is 49.1 Å². The van der Waals surface area contributed by atoms with Gasteiger partial charge in [0, 0.05) is 23.3 Å². The third kappa shape index (κ3) is 5.77. The molecule has 7 heteroatoms. The van der Waals surface area contributed by atoms with Crippen LogP contribution in [0.2, 0.25) is 0 Å². The van der Waals surface area contributed by atoms with Crippen molar-refractivity contribution in [1.29, 1.82) is 0 Å². The number of carboxylic acids is 1. The van der Waals surface area contributed by atoms with E-state index in [2.05, 4.69) is 10.3 Å². The Labute approximate surface area is 170 Å². The van der Waals surface area contributed by atoms with Gasteiger partial charge >= 0.3 is 5.97 Å². The van der Waals surface area contributed by atoms with Gasteiger partial charge in [0.2, 0.25) is 0 Å². The lowest BCUT2D eigenvalue weighted by molar-refractivity contribution is -0.139. The number of carbonyl (C=O) groups is 2. The van der Waals surface area contributed by atoms with Crippen LogP contribution in [0.3, 0.4) is 0 Å². The van der Waals surface area contributed by atoms with Crippen LogP contribution in [0.25, 0.3) is 0 Å². The van der Waals surface area contributed by atoms with E-state index in [4.69, 9.17) is 9.84 Å². The first-order valence-electron chi connectivity index (χ1n) is 9.85. The molecule has 7 nitrogen and oxygen atoms in total. The van der Waals surface area contributed by atoms with Gasteiger partial charge in [-0.25, -0.2) is 0 Å². The van der Waals surface area contributed by atoms with E-state index >= 15 is 0 Å². The van der Waals surface area contributed by atoms with E-state index in [1.165, 1.54) is 0 Å². The number of aliphatic carboxylic acids is 1. The summed E-state index contributed by atoms with van der Waals surface area (Å²) in [6.07, 6.45) is 3.23. The van der Waals surface area contributed by atoms with Gasteiger partial charge in [0.25, 0.3) is 5.91 Å². The average Bonchev–Trinajstić information content (AvgIpc) is 2.68. The van der Waals surface area contributed by atoms with Gasteiger partial charge in [-0.2, -0.15) is 0 Å². The maximum Gasteiger partial charge on any atom is 0.317 e. The number of nitrogens with zero attached hydrogens (tertiary/aromatic N) is 2. The maximum atomic E-state index is 12.6. The van der Waals surface area contributed by atoms with Crippen LogP contribution in [0.15, 0.2) is 42.6 Å². The number of hydrogen-bond donors (Lipinski definition) is 2. The fourth-order valence-electron chi connectivity index (χ4n) is 3.45. The van der Waals surface area contributed by atoms with Crippen LogP contribution in [0, 0.1) is 6.92 Å². The zero-order chi connectivity index (χ0) is 20.8. The second-order valence-electron chi connectivity index (χ2n) is 7.38. The highest BCUT2D eigenvalue weighted by Crippen LogP contribution is 2.26. The molecule has 1 fully saturated rings. The molecule has 29 heavy (non-hydrogen) atoms. The molecule has 0 unspecified atom stereocenters. The summed E-state index contributed by atoms with van der Waals surface area (Å²) < 4.78 is 5.73. The van der Waals surface area contributed by atoms with Crippen molar-refractivity contribution in [2.24, 2.45) is 0 Å². The highest BCUT2D eigenvalue weighted by atomic mass is 16.5. The van der Waals surface area contributed by atoms with E-state index in [9.17, 15) is 9.59 Å². The highest BCUT2D eigenvalue weighted by molar-refractivity contribution is 5.94. The molecule has 1 aromatic carbocycles. The van der Waals surface area contributed by atoms with E-state index in [0.717, 1.165) is 24.1 Å².